The van der Waals surface area contributed by atoms with Crippen molar-refractivity contribution in [2.45, 2.75) is 20.0 Å². The Morgan fingerprint density at radius 3 is 2.67 bits per heavy atom. The van der Waals surface area contributed by atoms with Gasteiger partial charge in [-0.2, -0.15) is 0 Å². The van der Waals surface area contributed by atoms with Crippen LogP contribution in [0.3, 0.4) is 0 Å². The Kier molecular flexibility index (Phi) is 3.44. The maximum Gasteiger partial charge on any atom is 0.342 e. The lowest BCUT2D eigenvalue weighted by Crippen LogP contribution is -2.12. The van der Waals surface area contributed by atoms with Gasteiger partial charge in [-0.1, -0.05) is 6.07 Å². The smallest absolute Gasteiger partial charge is 0.342 e. The molecule has 1 aromatic rings. The number of carbonyl (C=O) groups is 2. The van der Waals surface area contributed by atoms with Crippen molar-refractivity contribution in [3.05, 3.63) is 29.3 Å². The van der Waals surface area contributed by atoms with Crippen molar-refractivity contribution in [2.75, 3.05) is 0 Å². The van der Waals surface area contributed by atoms with Gasteiger partial charge in [0.15, 0.2) is 6.29 Å². The Balaban J connectivity index is 3.04. The number of ether oxygens (including phenoxy) is 1. The minimum absolute atomic E-state index is 0.00769. The Morgan fingerprint density at radius 2 is 2.13 bits per heavy atom. The van der Waals surface area contributed by atoms with Crippen LogP contribution in [0.4, 0.5) is 0 Å². The van der Waals surface area contributed by atoms with Gasteiger partial charge in [-0.3, -0.25) is 4.79 Å². The largest absolute Gasteiger partial charge is 0.506 e. The van der Waals surface area contributed by atoms with E-state index in [1.54, 1.807) is 13.8 Å². The molecule has 1 aromatic carbocycles. The third kappa shape index (κ3) is 2.56. The van der Waals surface area contributed by atoms with Crippen LogP contribution in [-0.4, -0.2) is 23.5 Å². The number of phenols is 1. The molecule has 0 bridgehead atoms. The number of benzene rings is 1. The Bertz CT molecular complexity index is 382. The highest BCUT2D eigenvalue weighted by Gasteiger charge is 2.15. The number of aldehydes is 1. The molecule has 0 amide bonds. The van der Waals surface area contributed by atoms with Crippen LogP contribution in [0, 0.1) is 0 Å². The summed E-state index contributed by atoms with van der Waals surface area (Å²) in [4.78, 5) is 22.0. The van der Waals surface area contributed by atoms with E-state index in [0.29, 0.717) is 6.29 Å². The second-order valence-electron chi connectivity index (χ2n) is 3.32. The van der Waals surface area contributed by atoms with E-state index in [-0.39, 0.29) is 23.0 Å². The van der Waals surface area contributed by atoms with Gasteiger partial charge in [-0.25, -0.2) is 4.79 Å². The van der Waals surface area contributed by atoms with E-state index < -0.39 is 5.97 Å². The number of rotatable bonds is 3. The molecule has 0 aromatic heterocycles. The summed E-state index contributed by atoms with van der Waals surface area (Å²) < 4.78 is 4.90. The number of carbonyl (C=O) groups excluding carboxylic acids is 2. The maximum absolute atomic E-state index is 11.4. The second-order valence-corrected chi connectivity index (χ2v) is 3.32. The molecule has 0 heterocycles. The third-order valence-electron chi connectivity index (χ3n) is 1.76. The number of hydrogen-bond donors (Lipinski definition) is 1. The first-order chi connectivity index (χ1) is 7.06. The van der Waals surface area contributed by atoms with Crippen LogP contribution < -0.4 is 0 Å². The topological polar surface area (TPSA) is 63.6 Å². The molecule has 0 aliphatic rings. The van der Waals surface area contributed by atoms with Crippen molar-refractivity contribution in [1.82, 2.24) is 0 Å². The Hall–Kier alpha value is -1.84. The lowest BCUT2D eigenvalue weighted by molar-refractivity contribution is 0.0374. The highest BCUT2D eigenvalue weighted by atomic mass is 16.5. The minimum atomic E-state index is -0.633. The van der Waals surface area contributed by atoms with Gasteiger partial charge < -0.3 is 9.84 Å². The van der Waals surface area contributed by atoms with Gasteiger partial charge in [0.05, 0.1) is 11.7 Å². The van der Waals surface area contributed by atoms with E-state index >= 15 is 0 Å². The summed E-state index contributed by atoms with van der Waals surface area (Å²) in [6.45, 7) is 3.41. The maximum atomic E-state index is 11.4. The number of esters is 1. The van der Waals surface area contributed by atoms with Gasteiger partial charge in [0.1, 0.15) is 11.3 Å². The lowest BCUT2D eigenvalue weighted by atomic mass is 10.1. The monoisotopic (exact) mass is 208 g/mol. The van der Waals surface area contributed by atoms with Crippen LogP contribution in [-0.2, 0) is 4.74 Å². The summed E-state index contributed by atoms with van der Waals surface area (Å²) in [6, 6.07) is 4.35. The minimum Gasteiger partial charge on any atom is -0.506 e. The zero-order valence-corrected chi connectivity index (χ0v) is 8.56. The van der Waals surface area contributed by atoms with Crippen molar-refractivity contribution in [3.8, 4) is 5.75 Å². The molecule has 4 heteroatoms. The molecular weight excluding hydrogens is 196 g/mol. The summed E-state index contributed by atoms with van der Waals surface area (Å²) in [5, 5.41) is 9.54. The fourth-order valence-corrected chi connectivity index (χ4v) is 1.10. The summed E-state index contributed by atoms with van der Waals surface area (Å²) in [6.07, 6.45) is 0.221. The molecule has 0 spiro atoms. The number of phenolic OH excluding ortho intramolecular Hbond substituents is 1. The van der Waals surface area contributed by atoms with E-state index in [2.05, 4.69) is 0 Å². The molecule has 1 N–H and O–H groups in total. The number of hydrogen-bond acceptors (Lipinski definition) is 4. The van der Waals surface area contributed by atoms with Gasteiger partial charge in [0.2, 0.25) is 0 Å². The Morgan fingerprint density at radius 1 is 1.47 bits per heavy atom. The van der Waals surface area contributed by atoms with E-state index in [1.165, 1.54) is 18.2 Å². The van der Waals surface area contributed by atoms with Gasteiger partial charge in [0.25, 0.3) is 0 Å². The summed E-state index contributed by atoms with van der Waals surface area (Å²) in [5.74, 6) is -0.968. The molecule has 4 nitrogen and oxygen atoms in total. The molecule has 0 fully saturated rings. The summed E-state index contributed by atoms with van der Waals surface area (Å²) in [7, 11) is 0. The molecule has 0 aliphatic carbocycles. The van der Waals surface area contributed by atoms with E-state index in [9.17, 15) is 14.7 Å². The van der Waals surface area contributed by atoms with Crippen LogP contribution in [0.5, 0.6) is 5.75 Å². The number of para-hydroxylation sites is 1. The van der Waals surface area contributed by atoms with Crippen LogP contribution >= 0.6 is 0 Å². The molecule has 0 saturated carbocycles. The predicted molar refractivity (Wildman–Crippen MR) is 54.0 cm³/mol. The van der Waals surface area contributed by atoms with E-state index in [0.717, 1.165) is 0 Å². The molecular formula is C11H12O4. The van der Waals surface area contributed by atoms with Gasteiger partial charge in [-0.15, -0.1) is 0 Å². The van der Waals surface area contributed by atoms with E-state index in [1.807, 2.05) is 0 Å². The van der Waals surface area contributed by atoms with Crippen molar-refractivity contribution in [2.24, 2.45) is 0 Å². The first-order valence-electron chi connectivity index (χ1n) is 4.54. The molecule has 0 unspecified atom stereocenters. The SMILES string of the molecule is CC(C)OC(=O)c1cccc(C=O)c1O. The van der Waals surface area contributed by atoms with Crippen molar-refractivity contribution in [3.63, 3.8) is 0 Å². The highest BCUT2D eigenvalue weighted by Crippen LogP contribution is 2.21. The molecule has 0 atom stereocenters. The fraction of sp³-hybridized carbons (Fsp3) is 0.273. The first-order valence-corrected chi connectivity index (χ1v) is 4.54. The van der Waals surface area contributed by atoms with E-state index in [4.69, 9.17) is 4.74 Å². The predicted octanol–water partition coefficient (Wildman–Crippen LogP) is 1.77. The van der Waals surface area contributed by atoms with Gasteiger partial charge in [0, 0.05) is 0 Å². The molecule has 0 saturated heterocycles. The second kappa shape index (κ2) is 4.59. The Labute approximate surface area is 87.5 Å². The standard InChI is InChI=1S/C11H12O4/c1-7(2)15-11(14)9-5-3-4-8(6-12)10(9)13/h3-7,13H,1-2H3. The third-order valence-corrected chi connectivity index (χ3v) is 1.76. The summed E-state index contributed by atoms with van der Waals surface area (Å²) in [5.41, 5.74) is 0.0847. The van der Waals surface area contributed by atoms with Crippen molar-refractivity contribution >= 4 is 12.3 Å². The molecule has 0 aliphatic heterocycles. The molecule has 0 radical (unpaired) electrons. The van der Waals surface area contributed by atoms with Crippen LogP contribution in [0.2, 0.25) is 0 Å². The molecule has 15 heavy (non-hydrogen) atoms. The average Bonchev–Trinajstić information content (AvgIpc) is 2.17. The summed E-state index contributed by atoms with van der Waals surface area (Å²) >= 11 is 0. The quantitative estimate of drug-likeness (QED) is 0.607. The zero-order valence-electron chi connectivity index (χ0n) is 8.56. The highest BCUT2D eigenvalue weighted by molar-refractivity contribution is 5.96. The van der Waals surface area contributed by atoms with Crippen LogP contribution in [0.1, 0.15) is 34.6 Å². The van der Waals surface area contributed by atoms with Crippen LogP contribution in [0.25, 0.3) is 0 Å². The molecule has 1 rings (SSSR count). The number of aromatic hydroxyl groups is 1. The van der Waals surface area contributed by atoms with Gasteiger partial charge in [-0.05, 0) is 26.0 Å². The van der Waals surface area contributed by atoms with Crippen LogP contribution in [0.15, 0.2) is 18.2 Å². The fourth-order valence-electron chi connectivity index (χ4n) is 1.10. The van der Waals surface area contributed by atoms with Crippen molar-refractivity contribution < 1.29 is 19.4 Å². The molecule has 80 valence electrons. The zero-order chi connectivity index (χ0) is 11.4. The van der Waals surface area contributed by atoms with Crippen molar-refractivity contribution in [1.29, 1.82) is 0 Å². The lowest BCUT2D eigenvalue weighted by Gasteiger charge is -2.09. The van der Waals surface area contributed by atoms with Gasteiger partial charge >= 0.3 is 5.97 Å². The average molecular weight is 208 g/mol. The normalized spacial score (nSPS) is 10.1. The first kappa shape index (κ1) is 11.2.